The lowest BCUT2D eigenvalue weighted by Crippen LogP contribution is -2.29. The van der Waals surface area contributed by atoms with Gasteiger partial charge in [-0.3, -0.25) is 14.1 Å². The van der Waals surface area contributed by atoms with Crippen molar-refractivity contribution >= 4 is 19.8 Å². The third-order valence-electron chi connectivity index (χ3n) is 6.33. The smallest absolute Gasteiger partial charge is 0.462 e. The molecule has 1 atom stereocenters. The Morgan fingerprint density at radius 2 is 1.14 bits per heavy atom. The van der Waals surface area contributed by atoms with E-state index in [1.54, 1.807) is 0 Å². The predicted molar refractivity (Wildman–Crippen MR) is 170 cm³/mol. The second kappa shape index (κ2) is 29.1. The van der Waals surface area contributed by atoms with Gasteiger partial charge in [0.2, 0.25) is 0 Å². The second-order valence-corrected chi connectivity index (χ2v) is 11.6. The lowest BCUT2D eigenvalue weighted by atomic mass is 10.0. The summed E-state index contributed by atoms with van der Waals surface area (Å²) in [7, 11) is -4.72. The van der Waals surface area contributed by atoms with E-state index in [1.807, 2.05) is 6.92 Å². The number of carbonyl (C=O) groups is 2. The van der Waals surface area contributed by atoms with Crippen LogP contribution in [0.5, 0.6) is 0 Å². The Bertz CT molecular complexity index is 828. The van der Waals surface area contributed by atoms with Gasteiger partial charge < -0.3 is 19.3 Å². The first-order valence-electron chi connectivity index (χ1n) is 15.9. The van der Waals surface area contributed by atoms with Crippen molar-refractivity contribution in [1.82, 2.24) is 0 Å². The number of phosphoric ester groups is 1. The number of ether oxygens (including phenoxy) is 2. The summed E-state index contributed by atoms with van der Waals surface area (Å²) in [6.07, 6.45) is 34.4. The number of rotatable bonds is 28. The highest BCUT2D eigenvalue weighted by molar-refractivity contribution is 7.46. The number of unbranched alkanes of at least 4 members (excludes halogenated alkanes) is 10. The molecule has 0 aromatic carbocycles. The predicted octanol–water partition coefficient (Wildman–Crippen LogP) is 8.84. The summed E-state index contributed by atoms with van der Waals surface area (Å²) in [5, 5.41) is 0. The first-order chi connectivity index (χ1) is 20.3. The first-order valence-corrected chi connectivity index (χ1v) is 17.5. The molecule has 0 aromatic heterocycles. The molecule has 0 amide bonds. The summed E-state index contributed by atoms with van der Waals surface area (Å²) in [6, 6.07) is 0. The average molecular weight is 613 g/mol. The minimum atomic E-state index is -4.72. The van der Waals surface area contributed by atoms with E-state index in [1.165, 1.54) is 38.5 Å². The van der Waals surface area contributed by atoms with Crippen LogP contribution in [0.2, 0.25) is 0 Å². The second-order valence-electron chi connectivity index (χ2n) is 10.4. The van der Waals surface area contributed by atoms with Crippen LogP contribution >= 0.6 is 7.82 Å². The zero-order valence-electron chi connectivity index (χ0n) is 26.1. The number of carbonyl (C=O) groups excluding carboxylic acids is 2. The van der Waals surface area contributed by atoms with Crippen molar-refractivity contribution < 1.29 is 37.9 Å². The van der Waals surface area contributed by atoms with Crippen molar-refractivity contribution in [1.29, 1.82) is 0 Å². The van der Waals surface area contributed by atoms with Crippen molar-refractivity contribution in [2.75, 3.05) is 13.2 Å². The number of esters is 2. The summed E-state index contributed by atoms with van der Waals surface area (Å²) in [5.41, 5.74) is 0. The van der Waals surface area contributed by atoms with Crippen LogP contribution in [0.1, 0.15) is 129 Å². The van der Waals surface area contributed by atoms with Crippen molar-refractivity contribution in [3.05, 3.63) is 48.6 Å². The van der Waals surface area contributed by atoms with Gasteiger partial charge >= 0.3 is 19.8 Å². The van der Waals surface area contributed by atoms with Crippen molar-refractivity contribution in [2.45, 2.75) is 136 Å². The zero-order chi connectivity index (χ0) is 31.2. The Hall–Kier alpha value is -1.99. The molecule has 42 heavy (non-hydrogen) atoms. The molecule has 8 nitrogen and oxygen atoms in total. The number of hydrogen-bond donors (Lipinski definition) is 2. The Labute approximate surface area is 254 Å². The van der Waals surface area contributed by atoms with Gasteiger partial charge in [0, 0.05) is 12.8 Å². The van der Waals surface area contributed by atoms with Crippen LogP contribution in [0, 0.1) is 0 Å². The van der Waals surface area contributed by atoms with E-state index >= 15 is 0 Å². The van der Waals surface area contributed by atoms with Crippen LogP contribution in [0.15, 0.2) is 48.6 Å². The van der Waals surface area contributed by atoms with E-state index in [9.17, 15) is 14.2 Å². The summed E-state index contributed by atoms with van der Waals surface area (Å²) < 4.78 is 25.6. The topological polar surface area (TPSA) is 119 Å². The molecule has 9 heteroatoms. The number of hydrogen-bond acceptors (Lipinski definition) is 6. The molecule has 0 aromatic rings. The van der Waals surface area contributed by atoms with Gasteiger partial charge in [-0.25, -0.2) is 4.57 Å². The fourth-order valence-electron chi connectivity index (χ4n) is 4.05. The molecule has 0 rings (SSSR count). The average Bonchev–Trinajstić information content (AvgIpc) is 2.94. The Morgan fingerprint density at radius 3 is 1.67 bits per heavy atom. The summed E-state index contributed by atoms with van der Waals surface area (Å²) in [5.74, 6) is -0.956. The highest BCUT2D eigenvalue weighted by atomic mass is 31.2. The van der Waals surface area contributed by atoms with Gasteiger partial charge in [-0.2, -0.15) is 0 Å². The van der Waals surface area contributed by atoms with Gasteiger partial charge in [0.15, 0.2) is 6.10 Å². The molecule has 242 valence electrons. The van der Waals surface area contributed by atoms with Crippen LogP contribution in [0.3, 0.4) is 0 Å². The quantitative estimate of drug-likeness (QED) is 0.0389. The maximum atomic E-state index is 12.1. The molecule has 0 fully saturated rings. The SMILES string of the molecule is CC/C=C\C/C=C\C/C=C\C/C=C\CCCCCCCCCCCCC(=O)OC(COC(=O)CCC)COP(=O)(O)O. The molecule has 0 aliphatic rings. The minimum Gasteiger partial charge on any atom is -0.462 e. The molecule has 0 aliphatic carbocycles. The van der Waals surface area contributed by atoms with Gasteiger partial charge in [0.05, 0.1) is 6.61 Å². The maximum absolute atomic E-state index is 12.1. The van der Waals surface area contributed by atoms with Gasteiger partial charge in [0.1, 0.15) is 6.61 Å². The molecule has 2 N–H and O–H groups in total. The lowest BCUT2D eigenvalue weighted by Gasteiger charge is -2.18. The van der Waals surface area contributed by atoms with Crippen LogP contribution in [-0.2, 0) is 28.2 Å². The van der Waals surface area contributed by atoms with Crippen LogP contribution < -0.4 is 0 Å². The maximum Gasteiger partial charge on any atom is 0.469 e. The van der Waals surface area contributed by atoms with E-state index in [4.69, 9.17) is 19.3 Å². The Balaban J connectivity index is 3.71. The fourth-order valence-corrected chi connectivity index (χ4v) is 4.41. The van der Waals surface area contributed by atoms with E-state index in [2.05, 4.69) is 60.1 Å². The van der Waals surface area contributed by atoms with Gasteiger partial charge in [-0.1, -0.05) is 114 Å². The third kappa shape index (κ3) is 31.0. The third-order valence-corrected chi connectivity index (χ3v) is 6.82. The standard InChI is InChI=1S/C33H57O8P/c1-3-5-6-7-8-9-10-11-12-13-14-15-16-17-18-19-20-21-22-23-24-25-26-28-33(35)41-31(30-40-42(36,37)38)29-39-32(34)27-4-2/h5-6,8-9,11-12,14-15,31H,3-4,7,10,13,16-30H2,1-2H3,(H2,36,37,38)/b6-5-,9-8-,12-11-,15-14-. The highest BCUT2D eigenvalue weighted by Crippen LogP contribution is 2.35. The monoisotopic (exact) mass is 612 g/mol. The lowest BCUT2D eigenvalue weighted by molar-refractivity contribution is -0.161. The molecule has 0 saturated heterocycles. The van der Waals surface area contributed by atoms with E-state index in [0.29, 0.717) is 12.8 Å². The first kappa shape index (κ1) is 40.0. The fraction of sp³-hybridized carbons (Fsp3) is 0.697. The molecule has 0 radical (unpaired) electrons. The molecular weight excluding hydrogens is 555 g/mol. The van der Waals surface area contributed by atoms with Crippen molar-refractivity contribution in [3.8, 4) is 0 Å². The molecule has 0 bridgehead atoms. The summed E-state index contributed by atoms with van der Waals surface area (Å²) in [4.78, 5) is 41.5. The van der Waals surface area contributed by atoms with Crippen molar-refractivity contribution in [2.24, 2.45) is 0 Å². The van der Waals surface area contributed by atoms with Gasteiger partial charge in [0.25, 0.3) is 0 Å². The Kier molecular flexibility index (Phi) is 27.7. The molecule has 0 saturated carbocycles. The minimum absolute atomic E-state index is 0.203. The van der Waals surface area contributed by atoms with E-state index in [-0.39, 0.29) is 19.4 Å². The molecule has 0 aliphatic heterocycles. The number of phosphoric acid groups is 1. The molecular formula is C33H57O8P. The van der Waals surface area contributed by atoms with Gasteiger partial charge in [-0.15, -0.1) is 0 Å². The van der Waals surface area contributed by atoms with E-state index in [0.717, 1.165) is 51.4 Å². The van der Waals surface area contributed by atoms with Crippen LogP contribution in [0.4, 0.5) is 0 Å². The van der Waals surface area contributed by atoms with Gasteiger partial charge in [-0.05, 0) is 51.4 Å². The molecule has 1 unspecified atom stereocenters. The van der Waals surface area contributed by atoms with Crippen molar-refractivity contribution in [3.63, 3.8) is 0 Å². The highest BCUT2D eigenvalue weighted by Gasteiger charge is 2.22. The molecule has 0 spiro atoms. The largest absolute Gasteiger partial charge is 0.469 e. The summed E-state index contributed by atoms with van der Waals surface area (Å²) >= 11 is 0. The van der Waals surface area contributed by atoms with E-state index < -0.39 is 32.5 Å². The normalized spacial score (nSPS) is 13.1. The number of allylic oxidation sites excluding steroid dienone is 8. The zero-order valence-corrected chi connectivity index (χ0v) is 27.0. The Morgan fingerprint density at radius 1 is 0.643 bits per heavy atom. The molecule has 0 heterocycles. The summed E-state index contributed by atoms with van der Waals surface area (Å²) in [6.45, 7) is 3.14. The van der Waals surface area contributed by atoms with Crippen LogP contribution in [-0.4, -0.2) is 41.0 Å². The van der Waals surface area contributed by atoms with Crippen LogP contribution in [0.25, 0.3) is 0 Å².